The Kier molecular flexibility index (Phi) is 10.3. The zero-order valence-electron chi connectivity index (χ0n) is 22.2. The monoisotopic (exact) mass is 574 g/mol. The van der Waals surface area contributed by atoms with Crippen LogP contribution in [0.2, 0.25) is 0 Å². The molecule has 206 valence electrons. The molecule has 39 heavy (non-hydrogen) atoms. The van der Waals surface area contributed by atoms with Crippen LogP contribution in [-0.4, -0.2) is 41.4 Å². The zero-order chi connectivity index (χ0) is 28.7. The van der Waals surface area contributed by atoms with Gasteiger partial charge in [-0.05, 0) is 48.2 Å². The van der Waals surface area contributed by atoms with Crippen LogP contribution < -0.4 is 4.74 Å². The first-order valence-corrected chi connectivity index (χ1v) is 14.0. The first-order chi connectivity index (χ1) is 18.7. The number of hydrogen-bond donors (Lipinski definition) is 1. The fraction of sp³-hybridized carbons (Fsp3) is 0.241. The van der Waals surface area contributed by atoms with Gasteiger partial charge in [0.1, 0.15) is 17.9 Å². The summed E-state index contributed by atoms with van der Waals surface area (Å²) in [5.41, 5.74) is 1.69. The van der Waals surface area contributed by atoms with Crippen molar-refractivity contribution in [3.63, 3.8) is 0 Å². The number of carbonyl (C=O) groups is 1. The van der Waals surface area contributed by atoms with Crippen LogP contribution in [0.25, 0.3) is 5.69 Å². The normalized spacial score (nSPS) is 11.1. The maximum atomic E-state index is 14.5. The van der Waals surface area contributed by atoms with Gasteiger partial charge < -0.3 is 9.84 Å². The predicted octanol–water partition coefficient (Wildman–Crippen LogP) is 7.06. The highest BCUT2D eigenvalue weighted by Crippen LogP contribution is 2.38. The molecule has 0 spiro atoms. The number of carbonyl (C=O) groups excluding carboxylic acids is 1. The third kappa shape index (κ3) is 6.51. The van der Waals surface area contributed by atoms with Gasteiger partial charge in [0.25, 0.3) is 0 Å². The lowest BCUT2D eigenvalue weighted by atomic mass is 9.81. The van der Waals surface area contributed by atoms with Crippen LogP contribution >= 0.6 is 23.5 Å². The van der Waals surface area contributed by atoms with Gasteiger partial charge in [-0.15, -0.1) is 11.8 Å². The van der Waals surface area contributed by atoms with E-state index in [1.807, 2.05) is 23.0 Å². The van der Waals surface area contributed by atoms with E-state index in [4.69, 9.17) is 9.84 Å². The Labute approximate surface area is 234 Å². The van der Waals surface area contributed by atoms with Crippen LogP contribution in [0.5, 0.6) is 5.75 Å². The SMILES string of the molecule is CO.COc1cc(-n2c(C(C)(C)c3ccc(SC)cc3)cnc2SCc2c(F)cc(C=O)cc2F)ccc1F. The molecular formula is C29H29F3N2O3S2. The molecule has 0 radical (unpaired) electrons. The van der Waals surface area contributed by atoms with Crippen molar-refractivity contribution >= 4 is 29.8 Å². The highest BCUT2D eigenvalue weighted by molar-refractivity contribution is 7.98. The van der Waals surface area contributed by atoms with Gasteiger partial charge in [0, 0.05) is 40.4 Å². The minimum Gasteiger partial charge on any atom is -0.494 e. The molecular weight excluding hydrogens is 545 g/mol. The minimum atomic E-state index is -0.800. The van der Waals surface area contributed by atoms with E-state index in [1.54, 1.807) is 30.1 Å². The Morgan fingerprint density at radius 2 is 1.64 bits per heavy atom. The predicted molar refractivity (Wildman–Crippen MR) is 150 cm³/mol. The number of ether oxygens (including phenoxy) is 1. The highest BCUT2D eigenvalue weighted by atomic mass is 32.2. The van der Waals surface area contributed by atoms with Crippen LogP contribution in [0, 0.1) is 17.5 Å². The van der Waals surface area contributed by atoms with Crippen LogP contribution in [-0.2, 0) is 11.2 Å². The van der Waals surface area contributed by atoms with Gasteiger partial charge in [-0.3, -0.25) is 9.36 Å². The van der Waals surface area contributed by atoms with E-state index < -0.39 is 22.9 Å². The van der Waals surface area contributed by atoms with Crippen molar-refractivity contribution in [3.8, 4) is 11.4 Å². The number of imidazole rings is 1. The van der Waals surface area contributed by atoms with Gasteiger partial charge in [-0.1, -0.05) is 37.7 Å². The summed E-state index contributed by atoms with van der Waals surface area (Å²) in [5, 5.41) is 7.47. The zero-order valence-corrected chi connectivity index (χ0v) is 23.8. The number of aromatic nitrogens is 2. The quantitative estimate of drug-likeness (QED) is 0.171. The molecule has 4 rings (SSSR count). The molecule has 0 unspecified atom stereocenters. The van der Waals surface area contributed by atoms with Gasteiger partial charge in [-0.25, -0.2) is 18.2 Å². The van der Waals surface area contributed by atoms with Crippen molar-refractivity contribution in [3.05, 3.63) is 101 Å². The third-order valence-corrected chi connectivity index (χ3v) is 7.94. The van der Waals surface area contributed by atoms with E-state index in [2.05, 4.69) is 31.0 Å². The summed E-state index contributed by atoms with van der Waals surface area (Å²) in [7, 11) is 2.39. The standard InChI is InChI=1S/C28H25F3N2O2S2.CH4O/c1-28(2,18-5-8-20(36-4)9-6-18)26-14-32-27(33(26)19-7-10-22(29)25(13-19)35-3)37-16-21-23(30)11-17(15-34)12-24(21)31;1-2/h5-15H,16H2,1-4H3;2H,1H3. The summed E-state index contributed by atoms with van der Waals surface area (Å²) in [6.45, 7) is 4.11. The number of rotatable bonds is 9. The Hall–Kier alpha value is -3.21. The summed E-state index contributed by atoms with van der Waals surface area (Å²) in [5.74, 6) is -2.10. The summed E-state index contributed by atoms with van der Waals surface area (Å²) in [4.78, 5) is 16.7. The van der Waals surface area contributed by atoms with Gasteiger partial charge >= 0.3 is 0 Å². The van der Waals surface area contributed by atoms with E-state index in [0.717, 1.165) is 47.2 Å². The largest absolute Gasteiger partial charge is 0.494 e. The average molecular weight is 575 g/mol. The molecule has 1 aromatic heterocycles. The van der Waals surface area contributed by atoms with Gasteiger partial charge in [0.05, 0.1) is 24.7 Å². The summed E-state index contributed by atoms with van der Waals surface area (Å²) in [6, 6.07) is 14.7. The Morgan fingerprint density at radius 1 is 1.00 bits per heavy atom. The van der Waals surface area contributed by atoms with Crippen LogP contribution in [0.4, 0.5) is 13.2 Å². The maximum absolute atomic E-state index is 14.5. The topological polar surface area (TPSA) is 64.3 Å². The molecule has 0 saturated heterocycles. The van der Waals surface area contributed by atoms with Crippen molar-refractivity contribution < 1.29 is 27.8 Å². The van der Waals surface area contributed by atoms with E-state index in [9.17, 15) is 18.0 Å². The van der Waals surface area contributed by atoms with Gasteiger partial charge in [0.2, 0.25) is 0 Å². The maximum Gasteiger partial charge on any atom is 0.173 e. The lowest BCUT2D eigenvalue weighted by molar-refractivity contribution is 0.112. The van der Waals surface area contributed by atoms with E-state index in [1.165, 1.54) is 13.2 Å². The van der Waals surface area contributed by atoms with Crippen molar-refractivity contribution in [1.82, 2.24) is 9.55 Å². The second-order valence-electron chi connectivity index (χ2n) is 8.80. The summed E-state index contributed by atoms with van der Waals surface area (Å²) < 4.78 is 50.4. The number of halogens is 3. The second kappa shape index (κ2) is 13.2. The summed E-state index contributed by atoms with van der Waals surface area (Å²) >= 11 is 2.79. The van der Waals surface area contributed by atoms with Crippen molar-refractivity contribution in [2.45, 2.75) is 35.1 Å². The van der Waals surface area contributed by atoms with E-state index in [-0.39, 0.29) is 22.6 Å². The fourth-order valence-electron chi connectivity index (χ4n) is 4.04. The molecule has 0 aliphatic carbocycles. The molecule has 1 heterocycles. The molecule has 0 bridgehead atoms. The second-order valence-corrected chi connectivity index (χ2v) is 10.6. The Balaban J connectivity index is 0.00000205. The number of aliphatic hydroxyl groups excluding tert-OH is 1. The highest BCUT2D eigenvalue weighted by Gasteiger charge is 2.30. The van der Waals surface area contributed by atoms with E-state index in [0.29, 0.717) is 17.1 Å². The fourth-order valence-corrected chi connectivity index (χ4v) is 5.45. The Bertz CT molecular complexity index is 1420. The molecule has 3 aromatic carbocycles. The van der Waals surface area contributed by atoms with Gasteiger partial charge in [0.15, 0.2) is 16.7 Å². The lowest BCUT2D eigenvalue weighted by Crippen LogP contribution is -2.23. The molecule has 0 atom stereocenters. The first kappa shape index (κ1) is 30.3. The number of benzene rings is 3. The molecule has 10 heteroatoms. The van der Waals surface area contributed by atoms with Crippen LogP contribution in [0.15, 0.2) is 70.8 Å². The van der Waals surface area contributed by atoms with Gasteiger partial charge in [-0.2, -0.15) is 0 Å². The molecule has 0 aliphatic heterocycles. The molecule has 0 saturated carbocycles. The first-order valence-electron chi connectivity index (χ1n) is 11.8. The number of methoxy groups -OCH3 is 1. The molecule has 0 aliphatic rings. The minimum absolute atomic E-state index is 0.0611. The van der Waals surface area contributed by atoms with E-state index >= 15 is 0 Å². The van der Waals surface area contributed by atoms with Crippen LogP contribution in [0.1, 0.15) is 41.0 Å². The average Bonchev–Trinajstić information content (AvgIpc) is 3.38. The number of aliphatic hydroxyl groups is 1. The molecule has 0 fully saturated rings. The Morgan fingerprint density at radius 3 is 2.21 bits per heavy atom. The van der Waals surface area contributed by atoms with Crippen molar-refractivity contribution in [2.24, 2.45) is 0 Å². The molecule has 5 nitrogen and oxygen atoms in total. The number of aldehydes is 1. The lowest BCUT2D eigenvalue weighted by Gasteiger charge is -2.28. The molecule has 1 N–H and O–H groups in total. The smallest absolute Gasteiger partial charge is 0.173 e. The number of thioether (sulfide) groups is 2. The van der Waals surface area contributed by atoms with Crippen LogP contribution in [0.3, 0.4) is 0 Å². The van der Waals surface area contributed by atoms with Crippen molar-refractivity contribution in [1.29, 1.82) is 0 Å². The number of hydrogen-bond acceptors (Lipinski definition) is 6. The molecule has 0 amide bonds. The van der Waals surface area contributed by atoms with Crippen molar-refractivity contribution in [2.75, 3.05) is 20.5 Å². The molecule has 4 aromatic rings. The number of nitrogens with zero attached hydrogens (tertiary/aromatic N) is 2. The summed E-state index contributed by atoms with van der Waals surface area (Å²) in [6.07, 6.45) is 4.14. The third-order valence-electron chi connectivity index (χ3n) is 6.22.